The Bertz CT molecular complexity index is 521. The molecule has 1 aromatic heterocycles. The number of aromatic nitrogens is 2. The second kappa shape index (κ2) is 9.86. The van der Waals surface area contributed by atoms with E-state index in [4.69, 9.17) is 0 Å². The van der Waals surface area contributed by atoms with Crippen molar-refractivity contribution in [2.24, 2.45) is 4.99 Å². The van der Waals surface area contributed by atoms with Crippen molar-refractivity contribution in [3.63, 3.8) is 0 Å². The average Bonchev–Trinajstić information content (AvgIpc) is 2.81. The summed E-state index contributed by atoms with van der Waals surface area (Å²) in [6.45, 7) is 9.06. The quantitative estimate of drug-likeness (QED) is 0.424. The Hall–Kier alpha value is -2.05. The lowest BCUT2D eigenvalue weighted by atomic mass is 10.4. The number of nitrogens with one attached hydrogen (secondary N) is 2. The van der Waals surface area contributed by atoms with Gasteiger partial charge in [0.25, 0.3) is 0 Å². The van der Waals surface area contributed by atoms with Crippen LogP contribution in [0.3, 0.4) is 0 Å². The predicted molar refractivity (Wildman–Crippen MR) is 93.6 cm³/mol. The van der Waals surface area contributed by atoms with Crippen molar-refractivity contribution in [3.05, 3.63) is 17.5 Å². The van der Waals surface area contributed by atoms with Gasteiger partial charge in [-0.15, -0.1) is 0 Å². The maximum atomic E-state index is 11.5. The van der Waals surface area contributed by atoms with Crippen molar-refractivity contribution in [1.82, 2.24) is 25.3 Å². The van der Waals surface area contributed by atoms with Gasteiger partial charge < -0.3 is 15.5 Å². The molecular formula is C16H30N6O. The highest BCUT2D eigenvalue weighted by atomic mass is 16.2. The molecule has 7 nitrogen and oxygen atoms in total. The van der Waals surface area contributed by atoms with Gasteiger partial charge in [-0.3, -0.25) is 14.5 Å². The summed E-state index contributed by atoms with van der Waals surface area (Å²) in [5, 5.41) is 10.8. The summed E-state index contributed by atoms with van der Waals surface area (Å²) in [7, 11) is 3.53. The lowest BCUT2D eigenvalue weighted by Gasteiger charge is -2.13. The minimum atomic E-state index is 0.109. The number of nitrogens with zero attached hydrogens (tertiary/aromatic N) is 4. The van der Waals surface area contributed by atoms with Crippen molar-refractivity contribution in [1.29, 1.82) is 0 Å². The van der Waals surface area contributed by atoms with E-state index in [2.05, 4.69) is 33.7 Å². The first-order chi connectivity index (χ1) is 10.9. The topological polar surface area (TPSA) is 74.5 Å². The van der Waals surface area contributed by atoms with Gasteiger partial charge in [-0.05, 0) is 33.3 Å². The highest BCUT2D eigenvalue weighted by Gasteiger charge is 2.04. The summed E-state index contributed by atoms with van der Waals surface area (Å²) in [5.41, 5.74) is 2.23. The first-order valence-electron chi connectivity index (χ1n) is 8.17. The van der Waals surface area contributed by atoms with Gasteiger partial charge in [0.15, 0.2) is 5.96 Å². The van der Waals surface area contributed by atoms with Crippen LogP contribution in [0, 0.1) is 13.8 Å². The molecule has 0 saturated heterocycles. The number of hydrogen-bond acceptors (Lipinski definition) is 3. The monoisotopic (exact) mass is 322 g/mol. The molecule has 1 amide bonds. The maximum Gasteiger partial charge on any atom is 0.223 e. The number of aryl methyl sites for hydroxylation is 3. The SMILES string of the molecule is CCNC(=NCCCn1nc(C)cc1C)NCCC(=O)N(C)C. The number of carbonyl (C=O) groups is 1. The van der Waals surface area contributed by atoms with E-state index in [1.165, 1.54) is 5.69 Å². The molecule has 2 N–H and O–H groups in total. The van der Waals surface area contributed by atoms with Crippen LogP contribution in [0.25, 0.3) is 0 Å². The number of amides is 1. The first kappa shape index (κ1) is 19.0. The summed E-state index contributed by atoms with van der Waals surface area (Å²) < 4.78 is 2.01. The lowest BCUT2D eigenvalue weighted by Crippen LogP contribution is -2.39. The van der Waals surface area contributed by atoms with E-state index in [0.717, 1.165) is 37.7 Å². The number of carbonyl (C=O) groups excluding carboxylic acids is 1. The van der Waals surface area contributed by atoms with Gasteiger partial charge >= 0.3 is 0 Å². The molecule has 0 aliphatic rings. The molecule has 0 atom stereocenters. The average molecular weight is 322 g/mol. The van der Waals surface area contributed by atoms with Crippen molar-refractivity contribution in [3.8, 4) is 0 Å². The molecular weight excluding hydrogens is 292 g/mol. The molecule has 1 aromatic rings. The second-order valence-corrected chi connectivity index (χ2v) is 5.73. The summed E-state index contributed by atoms with van der Waals surface area (Å²) in [6.07, 6.45) is 1.39. The minimum Gasteiger partial charge on any atom is -0.357 e. The smallest absolute Gasteiger partial charge is 0.223 e. The van der Waals surface area contributed by atoms with Crippen LogP contribution in [0.2, 0.25) is 0 Å². The molecule has 0 spiro atoms. The van der Waals surface area contributed by atoms with Crippen LogP contribution < -0.4 is 10.6 Å². The van der Waals surface area contributed by atoms with Gasteiger partial charge in [-0.1, -0.05) is 0 Å². The highest BCUT2D eigenvalue weighted by molar-refractivity contribution is 5.81. The predicted octanol–water partition coefficient (Wildman–Crippen LogP) is 0.923. The van der Waals surface area contributed by atoms with Gasteiger partial charge in [0.05, 0.1) is 5.69 Å². The normalized spacial score (nSPS) is 11.4. The summed E-state index contributed by atoms with van der Waals surface area (Å²) >= 11 is 0. The molecule has 23 heavy (non-hydrogen) atoms. The molecule has 1 rings (SSSR count). The van der Waals surface area contributed by atoms with E-state index < -0.39 is 0 Å². The van der Waals surface area contributed by atoms with Crippen LogP contribution in [0.5, 0.6) is 0 Å². The number of aliphatic imine (C=N–C) groups is 1. The molecule has 7 heteroatoms. The molecule has 0 aliphatic heterocycles. The zero-order valence-corrected chi connectivity index (χ0v) is 15.0. The van der Waals surface area contributed by atoms with E-state index >= 15 is 0 Å². The lowest BCUT2D eigenvalue weighted by molar-refractivity contribution is -0.128. The van der Waals surface area contributed by atoms with Gasteiger partial charge in [-0.2, -0.15) is 5.10 Å². The van der Waals surface area contributed by atoms with Crippen LogP contribution in [-0.4, -0.2) is 60.3 Å². The molecule has 0 aliphatic carbocycles. The van der Waals surface area contributed by atoms with Crippen LogP contribution in [-0.2, 0) is 11.3 Å². The first-order valence-corrected chi connectivity index (χ1v) is 8.17. The van der Waals surface area contributed by atoms with E-state index in [9.17, 15) is 4.79 Å². The van der Waals surface area contributed by atoms with E-state index in [0.29, 0.717) is 13.0 Å². The minimum absolute atomic E-state index is 0.109. The third-order valence-corrected chi connectivity index (χ3v) is 3.38. The molecule has 0 fully saturated rings. The molecule has 130 valence electrons. The summed E-state index contributed by atoms with van der Waals surface area (Å²) in [5.74, 6) is 0.866. The van der Waals surface area contributed by atoms with Crippen LogP contribution in [0.15, 0.2) is 11.1 Å². The number of guanidine groups is 1. The number of rotatable bonds is 8. The Balaban J connectivity index is 2.36. The molecule has 1 heterocycles. The Labute approximate surface area is 139 Å². The zero-order valence-electron chi connectivity index (χ0n) is 15.0. The van der Waals surface area contributed by atoms with Gasteiger partial charge in [-0.25, -0.2) is 0 Å². The fraction of sp³-hybridized carbons (Fsp3) is 0.688. The van der Waals surface area contributed by atoms with E-state index in [1.807, 2.05) is 18.5 Å². The molecule has 0 radical (unpaired) electrons. The molecule has 0 aromatic carbocycles. The fourth-order valence-corrected chi connectivity index (χ4v) is 2.17. The summed E-state index contributed by atoms with van der Waals surface area (Å²) in [6, 6.07) is 2.08. The Morgan fingerprint density at radius 3 is 2.65 bits per heavy atom. The zero-order chi connectivity index (χ0) is 17.2. The molecule has 0 saturated carbocycles. The van der Waals surface area contributed by atoms with E-state index in [-0.39, 0.29) is 5.91 Å². The van der Waals surface area contributed by atoms with Gasteiger partial charge in [0, 0.05) is 52.4 Å². The standard InChI is InChI=1S/C16H30N6O/c1-6-17-16(19-10-8-15(23)21(4)5)18-9-7-11-22-14(3)12-13(2)20-22/h12H,6-11H2,1-5H3,(H2,17,18,19). The van der Waals surface area contributed by atoms with Crippen LogP contribution in [0.4, 0.5) is 0 Å². The van der Waals surface area contributed by atoms with Gasteiger partial charge in [0.1, 0.15) is 0 Å². The highest BCUT2D eigenvalue weighted by Crippen LogP contribution is 2.02. The Kier molecular flexibility index (Phi) is 8.15. The van der Waals surface area contributed by atoms with Gasteiger partial charge in [0.2, 0.25) is 5.91 Å². The van der Waals surface area contributed by atoms with Crippen molar-refractivity contribution in [2.45, 2.75) is 40.2 Å². The Morgan fingerprint density at radius 1 is 1.35 bits per heavy atom. The van der Waals surface area contributed by atoms with Crippen molar-refractivity contribution >= 4 is 11.9 Å². The fourth-order valence-electron chi connectivity index (χ4n) is 2.17. The second-order valence-electron chi connectivity index (χ2n) is 5.73. The van der Waals surface area contributed by atoms with Crippen molar-refractivity contribution < 1.29 is 4.79 Å². The third kappa shape index (κ3) is 7.17. The Morgan fingerprint density at radius 2 is 2.09 bits per heavy atom. The molecule has 0 bridgehead atoms. The van der Waals surface area contributed by atoms with Crippen LogP contribution in [0.1, 0.15) is 31.2 Å². The maximum absolute atomic E-state index is 11.5. The number of hydrogen-bond donors (Lipinski definition) is 2. The van der Waals surface area contributed by atoms with Crippen LogP contribution >= 0.6 is 0 Å². The summed E-state index contributed by atoms with van der Waals surface area (Å²) in [4.78, 5) is 17.7. The van der Waals surface area contributed by atoms with Crippen molar-refractivity contribution in [2.75, 3.05) is 33.7 Å². The molecule has 0 unspecified atom stereocenters. The third-order valence-electron chi connectivity index (χ3n) is 3.38. The largest absolute Gasteiger partial charge is 0.357 e. The van der Waals surface area contributed by atoms with E-state index in [1.54, 1.807) is 19.0 Å².